The molecule has 1 N–H and O–H groups in total. The molecular weight excluding hydrogens is 583 g/mol. The summed E-state index contributed by atoms with van der Waals surface area (Å²) < 4.78 is 58.0. The highest BCUT2D eigenvalue weighted by atomic mass is 35.5. The molecule has 0 atom stereocenters. The van der Waals surface area contributed by atoms with E-state index in [1.807, 2.05) is 13.8 Å². The Morgan fingerprint density at radius 3 is 2.44 bits per heavy atom. The fraction of sp³-hybridized carbons (Fsp3) is 0.219. The maximum atomic E-state index is 15.5. The molecule has 2 aromatic heterocycles. The van der Waals surface area contributed by atoms with Gasteiger partial charge in [0.05, 0.1) is 34.4 Å². The monoisotopic (exact) mass is 609 g/mol. The molecule has 0 aliphatic carbocycles. The number of carbonyl (C=O) groups is 1. The summed E-state index contributed by atoms with van der Waals surface area (Å²) >= 11 is 5.79. The van der Waals surface area contributed by atoms with Gasteiger partial charge in [0, 0.05) is 35.7 Å². The van der Waals surface area contributed by atoms with Crippen molar-refractivity contribution in [1.82, 2.24) is 14.5 Å². The lowest BCUT2D eigenvalue weighted by atomic mass is 10.0. The summed E-state index contributed by atoms with van der Waals surface area (Å²) in [7, 11) is 1.55. The number of halogens is 4. The first-order chi connectivity index (χ1) is 20.4. The SMILES string of the molecule is COC(C)(C)Cn1c(Cc2cc(F)c(-c3cccc(OCc4ccc(Cl)cc4F)n3)cc2F)nc2ccc(C(=O)O)cc21. The second-order valence-electron chi connectivity index (χ2n) is 10.6. The molecule has 43 heavy (non-hydrogen) atoms. The fourth-order valence-electron chi connectivity index (χ4n) is 4.59. The Morgan fingerprint density at radius 1 is 0.953 bits per heavy atom. The predicted molar refractivity (Wildman–Crippen MR) is 156 cm³/mol. The number of ether oxygens (including phenoxy) is 2. The maximum Gasteiger partial charge on any atom is 0.335 e. The summed E-state index contributed by atoms with van der Waals surface area (Å²) in [6, 6.07) is 15.5. The smallest absolute Gasteiger partial charge is 0.335 e. The lowest BCUT2D eigenvalue weighted by Crippen LogP contribution is -2.30. The zero-order valence-corrected chi connectivity index (χ0v) is 24.3. The van der Waals surface area contributed by atoms with Gasteiger partial charge in [-0.15, -0.1) is 0 Å². The van der Waals surface area contributed by atoms with E-state index in [0.717, 1.165) is 12.1 Å². The van der Waals surface area contributed by atoms with Crippen LogP contribution in [0.5, 0.6) is 5.88 Å². The number of hydrogen-bond donors (Lipinski definition) is 1. The third kappa shape index (κ3) is 6.65. The van der Waals surface area contributed by atoms with E-state index in [9.17, 15) is 14.3 Å². The highest BCUT2D eigenvalue weighted by Crippen LogP contribution is 2.29. The molecule has 0 saturated carbocycles. The van der Waals surface area contributed by atoms with E-state index in [0.29, 0.717) is 16.9 Å². The van der Waals surface area contributed by atoms with Gasteiger partial charge in [-0.05, 0) is 67.9 Å². The van der Waals surface area contributed by atoms with Gasteiger partial charge in [-0.25, -0.2) is 27.9 Å². The topological polar surface area (TPSA) is 86.5 Å². The van der Waals surface area contributed by atoms with Crippen LogP contribution in [-0.4, -0.2) is 38.3 Å². The highest BCUT2D eigenvalue weighted by Gasteiger charge is 2.24. The predicted octanol–water partition coefficient (Wildman–Crippen LogP) is 7.46. The van der Waals surface area contributed by atoms with Gasteiger partial charge in [-0.3, -0.25) is 0 Å². The first kappa shape index (κ1) is 30.1. The molecule has 7 nitrogen and oxygen atoms in total. The van der Waals surface area contributed by atoms with Crippen LogP contribution in [0, 0.1) is 17.5 Å². The normalized spacial score (nSPS) is 11.7. The van der Waals surface area contributed by atoms with Gasteiger partial charge in [0.15, 0.2) is 0 Å². The summed E-state index contributed by atoms with van der Waals surface area (Å²) in [4.78, 5) is 20.5. The Hall–Kier alpha value is -4.41. The van der Waals surface area contributed by atoms with Crippen LogP contribution in [0.4, 0.5) is 13.2 Å². The molecule has 0 aliphatic heterocycles. The second-order valence-corrected chi connectivity index (χ2v) is 11.0. The second kappa shape index (κ2) is 12.1. The number of benzene rings is 3. The molecule has 5 rings (SSSR count). The van der Waals surface area contributed by atoms with E-state index < -0.39 is 29.0 Å². The molecule has 0 saturated heterocycles. The zero-order valence-electron chi connectivity index (χ0n) is 23.5. The highest BCUT2D eigenvalue weighted by molar-refractivity contribution is 6.30. The summed E-state index contributed by atoms with van der Waals surface area (Å²) in [5.74, 6) is -2.50. The minimum atomic E-state index is -1.09. The van der Waals surface area contributed by atoms with Crippen molar-refractivity contribution in [2.75, 3.05) is 7.11 Å². The number of aromatic nitrogens is 3. The molecule has 0 fully saturated rings. The Labute approximate surface area is 250 Å². The zero-order chi connectivity index (χ0) is 30.9. The molecule has 0 radical (unpaired) electrons. The number of rotatable bonds is 10. The molecule has 2 heterocycles. The maximum absolute atomic E-state index is 15.5. The van der Waals surface area contributed by atoms with Gasteiger partial charge in [0.2, 0.25) is 5.88 Å². The van der Waals surface area contributed by atoms with E-state index in [4.69, 9.17) is 21.1 Å². The number of aromatic carboxylic acids is 1. The van der Waals surface area contributed by atoms with Gasteiger partial charge in [0.25, 0.3) is 0 Å². The molecular formula is C32H27ClF3N3O4. The number of imidazole rings is 1. The molecule has 0 spiro atoms. The summed E-state index contributed by atoms with van der Waals surface area (Å²) in [5, 5.41) is 9.74. The van der Waals surface area contributed by atoms with Crippen molar-refractivity contribution in [3.05, 3.63) is 112 Å². The summed E-state index contributed by atoms with van der Waals surface area (Å²) in [5.41, 5.74) is 0.842. The van der Waals surface area contributed by atoms with Crippen LogP contribution >= 0.6 is 11.6 Å². The van der Waals surface area contributed by atoms with Crippen molar-refractivity contribution in [2.24, 2.45) is 0 Å². The molecule has 11 heteroatoms. The van der Waals surface area contributed by atoms with E-state index in [1.54, 1.807) is 23.8 Å². The van der Waals surface area contributed by atoms with Crippen LogP contribution in [0.2, 0.25) is 5.02 Å². The standard InChI is InChI=1S/C32H27ClF3N3O4/c1-32(2,42-3)17-39-28-12-18(31(40)41)8-10-27(28)37-29(39)13-20-11-25(36)22(15-24(20)35)26-5-4-6-30(38-26)43-16-19-7-9-21(33)14-23(19)34/h4-12,14-15H,13,16-17H2,1-3H3,(H,40,41). The van der Waals surface area contributed by atoms with Crippen molar-refractivity contribution in [3.8, 4) is 17.1 Å². The third-order valence-corrected chi connectivity index (χ3v) is 7.28. The van der Waals surface area contributed by atoms with E-state index >= 15 is 8.78 Å². The van der Waals surface area contributed by atoms with Gasteiger partial charge < -0.3 is 19.1 Å². The van der Waals surface area contributed by atoms with E-state index in [2.05, 4.69) is 9.97 Å². The van der Waals surface area contributed by atoms with Crippen molar-refractivity contribution in [2.45, 2.75) is 39.0 Å². The van der Waals surface area contributed by atoms with Crippen molar-refractivity contribution in [1.29, 1.82) is 0 Å². The number of fused-ring (bicyclic) bond motifs is 1. The Kier molecular flexibility index (Phi) is 8.43. The van der Waals surface area contributed by atoms with Crippen LogP contribution in [0.1, 0.15) is 41.2 Å². The number of carboxylic acid groups (broad SMARTS) is 1. The molecule has 0 bridgehead atoms. The minimum absolute atomic E-state index is 0.0529. The molecule has 0 aliphatic rings. The Morgan fingerprint density at radius 2 is 1.72 bits per heavy atom. The van der Waals surface area contributed by atoms with Gasteiger partial charge in [-0.2, -0.15) is 0 Å². The average Bonchev–Trinajstić information content (AvgIpc) is 3.29. The summed E-state index contributed by atoms with van der Waals surface area (Å²) in [6.45, 7) is 3.87. The lowest BCUT2D eigenvalue weighted by molar-refractivity contribution is 0.00848. The van der Waals surface area contributed by atoms with Crippen LogP contribution in [-0.2, 0) is 24.3 Å². The average molecular weight is 610 g/mol. The van der Waals surface area contributed by atoms with Crippen LogP contribution in [0.3, 0.4) is 0 Å². The Bertz CT molecular complexity index is 1840. The number of nitrogens with zero attached hydrogens (tertiary/aromatic N) is 3. The number of carboxylic acids is 1. The quantitative estimate of drug-likeness (QED) is 0.177. The fourth-order valence-corrected chi connectivity index (χ4v) is 4.75. The van der Waals surface area contributed by atoms with Crippen LogP contribution < -0.4 is 4.74 Å². The van der Waals surface area contributed by atoms with E-state index in [1.165, 1.54) is 42.5 Å². The van der Waals surface area contributed by atoms with Gasteiger partial charge in [0.1, 0.15) is 29.9 Å². The summed E-state index contributed by atoms with van der Waals surface area (Å²) in [6.07, 6.45) is -0.0663. The number of pyridine rings is 1. The van der Waals surface area contributed by atoms with Crippen molar-refractivity contribution >= 4 is 28.6 Å². The van der Waals surface area contributed by atoms with Crippen molar-refractivity contribution < 1.29 is 32.5 Å². The Balaban J connectivity index is 1.44. The van der Waals surface area contributed by atoms with E-state index in [-0.39, 0.29) is 58.4 Å². The van der Waals surface area contributed by atoms with Crippen LogP contribution in [0.15, 0.2) is 66.7 Å². The minimum Gasteiger partial charge on any atom is -0.478 e. The molecule has 0 unspecified atom stereocenters. The largest absolute Gasteiger partial charge is 0.478 e. The first-order valence-corrected chi connectivity index (χ1v) is 13.6. The molecule has 0 amide bonds. The number of hydrogen-bond acceptors (Lipinski definition) is 5. The molecule has 3 aromatic carbocycles. The van der Waals surface area contributed by atoms with Gasteiger partial charge >= 0.3 is 5.97 Å². The van der Waals surface area contributed by atoms with Crippen LogP contribution in [0.25, 0.3) is 22.3 Å². The van der Waals surface area contributed by atoms with Crippen molar-refractivity contribution in [3.63, 3.8) is 0 Å². The molecule has 222 valence electrons. The number of methoxy groups -OCH3 is 1. The lowest BCUT2D eigenvalue weighted by Gasteiger charge is -2.25. The third-order valence-electron chi connectivity index (χ3n) is 7.04. The molecule has 5 aromatic rings. The first-order valence-electron chi connectivity index (χ1n) is 13.2. The van der Waals surface area contributed by atoms with Gasteiger partial charge in [-0.1, -0.05) is 23.7 Å².